The van der Waals surface area contributed by atoms with Crippen molar-refractivity contribution in [3.05, 3.63) is 35.6 Å². The fourth-order valence-corrected chi connectivity index (χ4v) is 3.65. The Morgan fingerprint density at radius 2 is 2.04 bits per heavy atom. The Labute approximate surface area is 160 Å². The second-order valence-corrected chi connectivity index (χ2v) is 7.01. The predicted octanol–water partition coefficient (Wildman–Crippen LogP) is 1.90. The van der Waals surface area contributed by atoms with Crippen LogP contribution in [0, 0.1) is 11.7 Å². The monoisotopic (exact) mass is 383 g/mol. The summed E-state index contributed by atoms with van der Waals surface area (Å²) in [6.45, 7) is 2.84. The number of rotatable bonds is 5. The third-order valence-corrected chi connectivity index (χ3v) is 5.11. The summed E-state index contributed by atoms with van der Waals surface area (Å²) in [4.78, 5) is 26.4. The maximum absolute atomic E-state index is 13.7. The van der Waals surface area contributed by atoms with Crippen LogP contribution >= 0.6 is 12.4 Å². The van der Waals surface area contributed by atoms with Gasteiger partial charge in [-0.2, -0.15) is 0 Å². The zero-order chi connectivity index (χ0) is 17.6. The fraction of sp³-hybridized carbons (Fsp3) is 0.579. The van der Waals surface area contributed by atoms with Gasteiger partial charge >= 0.3 is 0 Å². The molecule has 2 aliphatic heterocycles. The van der Waals surface area contributed by atoms with Gasteiger partial charge in [0.05, 0.1) is 12.5 Å². The van der Waals surface area contributed by atoms with Crippen LogP contribution < -0.4 is 10.6 Å². The quantitative estimate of drug-likeness (QED) is 0.816. The van der Waals surface area contributed by atoms with E-state index in [1.807, 2.05) is 0 Å². The minimum absolute atomic E-state index is 0. The highest BCUT2D eigenvalue weighted by Gasteiger charge is 2.26. The largest absolute Gasteiger partial charge is 0.354 e. The van der Waals surface area contributed by atoms with E-state index >= 15 is 0 Å². The van der Waals surface area contributed by atoms with Crippen molar-refractivity contribution in [2.45, 2.75) is 38.1 Å². The molecule has 0 aromatic heterocycles. The van der Waals surface area contributed by atoms with E-state index in [0.29, 0.717) is 25.2 Å². The molecule has 2 aliphatic rings. The standard InChI is InChI=1S/C19H26FN3O2.ClH/c20-16-7-2-1-6-15(16)11-18(24)23-10-4-5-14(13-23)12-22-19(25)17-8-3-9-21-17;/h1-2,6-7,14,17,21H,3-5,8-13H2,(H,22,25);1H. The number of hydrogen-bond acceptors (Lipinski definition) is 3. The first kappa shape index (κ1) is 20.6. The first-order chi connectivity index (χ1) is 12.1. The summed E-state index contributed by atoms with van der Waals surface area (Å²) < 4.78 is 13.7. The van der Waals surface area contributed by atoms with Crippen molar-refractivity contribution < 1.29 is 14.0 Å². The first-order valence-electron chi connectivity index (χ1n) is 9.16. The van der Waals surface area contributed by atoms with Gasteiger partial charge in [-0.25, -0.2) is 4.39 Å². The molecule has 2 atom stereocenters. The summed E-state index contributed by atoms with van der Waals surface area (Å²) in [6.07, 6.45) is 3.95. The second-order valence-electron chi connectivity index (χ2n) is 7.01. The Bertz CT molecular complexity index is 623. The van der Waals surface area contributed by atoms with E-state index in [-0.39, 0.29) is 48.4 Å². The summed E-state index contributed by atoms with van der Waals surface area (Å²) in [5.74, 6) is -0.0460. The number of likely N-dealkylation sites (tertiary alicyclic amines) is 1. The SMILES string of the molecule is Cl.O=C(NCC1CCCN(C(=O)Cc2ccccc2F)C1)C1CCCN1. The molecule has 5 nitrogen and oxygen atoms in total. The molecule has 0 radical (unpaired) electrons. The van der Waals surface area contributed by atoms with Gasteiger partial charge < -0.3 is 15.5 Å². The van der Waals surface area contributed by atoms with Crippen LogP contribution in [0.5, 0.6) is 0 Å². The van der Waals surface area contributed by atoms with Crippen molar-refractivity contribution in [2.75, 3.05) is 26.2 Å². The van der Waals surface area contributed by atoms with Crippen LogP contribution in [0.15, 0.2) is 24.3 Å². The van der Waals surface area contributed by atoms with Crippen molar-refractivity contribution in [2.24, 2.45) is 5.92 Å². The maximum Gasteiger partial charge on any atom is 0.237 e. The van der Waals surface area contributed by atoms with E-state index in [4.69, 9.17) is 0 Å². The number of piperidine rings is 1. The molecule has 0 aliphatic carbocycles. The fourth-order valence-electron chi connectivity index (χ4n) is 3.65. The molecule has 2 saturated heterocycles. The summed E-state index contributed by atoms with van der Waals surface area (Å²) >= 11 is 0. The van der Waals surface area contributed by atoms with Gasteiger partial charge in [-0.1, -0.05) is 18.2 Å². The number of amides is 2. The van der Waals surface area contributed by atoms with Crippen molar-refractivity contribution in [1.82, 2.24) is 15.5 Å². The molecule has 26 heavy (non-hydrogen) atoms. The van der Waals surface area contributed by atoms with Gasteiger partial charge in [0.1, 0.15) is 5.82 Å². The van der Waals surface area contributed by atoms with E-state index in [1.54, 1.807) is 23.1 Å². The summed E-state index contributed by atoms with van der Waals surface area (Å²) in [6, 6.07) is 6.35. The number of benzene rings is 1. The van der Waals surface area contributed by atoms with Crippen LogP contribution in [0.1, 0.15) is 31.2 Å². The number of carbonyl (C=O) groups is 2. The number of halogens is 2. The molecule has 2 fully saturated rings. The highest BCUT2D eigenvalue weighted by Crippen LogP contribution is 2.18. The van der Waals surface area contributed by atoms with Gasteiger partial charge in [0.25, 0.3) is 0 Å². The molecule has 2 amide bonds. The molecule has 144 valence electrons. The van der Waals surface area contributed by atoms with Crippen molar-refractivity contribution in [3.63, 3.8) is 0 Å². The lowest BCUT2D eigenvalue weighted by Gasteiger charge is -2.33. The van der Waals surface area contributed by atoms with Crippen molar-refractivity contribution in [1.29, 1.82) is 0 Å². The zero-order valence-electron chi connectivity index (χ0n) is 14.9. The number of carbonyl (C=O) groups excluding carboxylic acids is 2. The molecule has 0 bridgehead atoms. The topological polar surface area (TPSA) is 61.4 Å². The highest BCUT2D eigenvalue weighted by atomic mass is 35.5. The molecule has 7 heteroatoms. The molecule has 2 N–H and O–H groups in total. The van der Waals surface area contributed by atoms with Gasteiger partial charge in [-0.05, 0) is 49.8 Å². The van der Waals surface area contributed by atoms with E-state index in [1.165, 1.54) is 6.07 Å². The Hall–Kier alpha value is -1.66. The molecule has 2 heterocycles. The normalized spacial score (nSPS) is 22.6. The van der Waals surface area contributed by atoms with Gasteiger partial charge in [0.2, 0.25) is 11.8 Å². The van der Waals surface area contributed by atoms with E-state index in [0.717, 1.165) is 32.2 Å². The number of nitrogens with one attached hydrogen (secondary N) is 2. The Morgan fingerprint density at radius 1 is 1.23 bits per heavy atom. The highest BCUT2D eigenvalue weighted by molar-refractivity contribution is 5.85. The smallest absolute Gasteiger partial charge is 0.237 e. The van der Waals surface area contributed by atoms with Gasteiger partial charge in [0.15, 0.2) is 0 Å². The molecule has 3 rings (SSSR count). The van der Waals surface area contributed by atoms with E-state index in [9.17, 15) is 14.0 Å². The molecule has 2 unspecified atom stereocenters. The van der Waals surface area contributed by atoms with Gasteiger partial charge in [0, 0.05) is 19.6 Å². The van der Waals surface area contributed by atoms with E-state index < -0.39 is 0 Å². The lowest BCUT2D eigenvalue weighted by molar-refractivity contribution is -0.132. The molecular weight excluding hydrogens is 357 g/mol. The summed E-state index contributed by atoms with van der Waals surface area (Å²) in [5, 5.41) is 6.20. The van der Waals surface area contributed by atoms with Crippen molar-refractivity contribution >= 4 is 24.2 Å². The van der Waals surface area contributed by atoms with Crippen LogP contribution in [0.25, 0.3) is 0 Å². The lowest BCUT2D eigenvalue weighted by atomic mass is 9.97. The minimum Gasteiger partial charge on any atom is -0.354 e. The van der Waals surface area contributed by atoms with Crippen LogP contribution in [0.2, 0.25) is 0 Å². The minimum atomic E-state index is -0.333. The molecule has 1 aromatic carbocycles. The number of nitrogens with zero attached hydrogens (tertiary/aromatic N) is 1. The molecule has 0 spiro atoms. The molecule has 1 aromatic rings. The Morgan fingerprint density at radius 3 is 2.77 bits per heavy atom. The first-order valence-corrected chi connectivity index (χ1v) is 9.16. The average Bonchev–Trinajstić information content (AvgIpc) is 3.16. The molecule has 0 saturated carbocycles. The van der Waals surface area contributed by atoms with E-state index in [2.05, 4.69) is 10.6 Å². The van der Waals surface area contributed by atoms with Crippen molar-refractivity contribution in [3.8, 4) is 0 Å². The zero-order valence-corrected chi connectivity index (χ0v) is 15.7. The van der Waals surface area contributed by atoms with Gasteiger partial charge in [-0.3, -0.25) is 9.59 Å². The second kappa shape index (κ2) is 9.88. The van der Waals surface area contributed by atoms with Crippen LogP contribution in [0.4, 0.5) is 4.39 Å². The Balaban J connectivity index is 0.00000243. The number of hydrogen-bond donors (Lipinski definition) is 2. The molecular formula is C19H27ClFN3O2. The summed E-state index contributed by atoms with van der Waals surface area (Å²) in [7, 11) is 0. The van der Waals surface area contributed by atoms with Gasteiger partial charge in [-0.15, -0.1) is 12.4 Å². The predicted molar refractivity (Wildman–Crippen MR) is 101 cm³/mol. The summed E-state index contributed by atoms with van der Waals surface area (Å²) in [5.41, 5.74) is 0.440. The third kappa shape index (κ3) is 5.42. The maximum atomic E-state index is 13.7. The van der Waals surface area contributed by atoms with Crippen LogP contribution in [0.3, 0.4) is 0 Å². The lowest BCUT2D eigenvalue weighted by Crippen LogP contribution is -2.47. The average molecular weight is 384 g/mol. The van der Waals surface area contributed by atoms with Crippen LogP contribution in [-0.2, 0) is 16.0 Å². The third-order valence-electron chi connectivity index (χ3n) is 5.11. The Kier molecular flexibility index (Phi) is 7.85. The van der Waals surface area contributed by atoms with Crippen LogP contribution in [-0.4, -0.2) is 48.9 Å².